The van der Waals surface area contributed by atoms with Crippen LogP contribution in [0.2, 0.25) is 0 Å². The van der Waals surface area contributed by atoms with Gasteiger partial charge in [0.05, 0.1) is 5.41 Å². The van der Waals surface area contributed by atoms with Crippen LogP contribution in [0.3, 0.4) is 0 Å². The first-order valence-corrected chi connectivity index (χ1v) is 5.88. The van der Waals surface area contributed by atoms with E-state index in [4.69, 9.17) is 9.84 Å². The predicted molar refractivity (Wildman–Crippen MR) is 62.8 cm³/mol. The molecule has 0 bridgehead atoms. The minimum Gasteiger partial charge on any atom is -0.481 e. The zero-order valence-corrected chi connectivity index (χ0v) is 10.9. The molecule has 0 aromatic carbocycles. The molecule has 0 radical (unpaired) electrons. The molecule has 5 heteroatoms. The quantitative estimate of drug-likeness (QED) is 0.793. The summed E-state index contributed by atoms with van der Waals surface area (Å²) in [5.41, 5.74) is -1.15. The molecule has 1 fully saturated rings. The van der Waals surface area contributed by atoms with E-state index in [2.05, 4.69) is 5.32 Å². The molecule has 0 heterocycles. The van der Waals surface area contributed by atoms with Gasteiger partial charge in [-0.1, -0.05) is 0 Å². The molecule has 2 N–H and O–H groups in total. The summed E-state index contributed by atoms with van der Waals surface area (Å²) in [6.07, 6.45) is 1.36. The minimum atomic E-state index is -0.768. The second-order valence-corrected chi connectivity index (χ2v) is 5.84. The van der Waals surface area contributed by atoms with Crippen molar-refractivity contribution in [1.29, 1.82) is 0 Å². The Morgan fingerprint density at radius 2 is 1.94 bits per heavy atom. The van der Waals surface area contributed by atoms with Gasteiger partial charge in [0, 0.05) is 6.04 Å². The zero-order valence-electron chi connectivity index (χ0n) is 10.9. The van der Waals surface area contributed by atoms with Gasteiger partial charge in [0.1, 0.15) is 5.60 Å². The Balaban J connectivity index is 2.38. The van der Waals surface area contributed by atoms with Crippen molar-refractivity contribution >= 4 is 12.1 Å². The molecule has 0 aromatic rings. The number of nitrogens with one attached hydrogen (secondary N) is 1. The third-order valence-electron chi connectivity index (χ3n) is 2.77. The van der Waals surface area contributed by atoms with Crippen LogP contribution in [0.5, 0.6) is 0 Å². The number of carbonyl (C=O) groups excluding carboxylic acids is 1. The van der Waals surface area contributed by atoms with Crippen LogP contribution in [0.1, 0.15) is 47.0 Å². The molecule has 5 nitrogen and oxygen atoms in total. The van der Waals surface area contributed by atoms with Crippen molar-refractivity contribution in [3.05, 3.63) is 0 Å². The van der Waals surface area contributed by atoms with Gasteiger partial charge in [-0.25, -0.2) is 4.79 Å². The molecule has 1 rings (SSSR count). The highest BCUT2D eigenvalue weighted by molar-refractivity contribution is 5.78. The first kappa shape index (κ1) is 13.8. The molecule has 0 unspecified atom stereocenters. The van der Waals surface area contributed by atoms with E-state index in [1.165, 1.54) is 0 Å². The van der Waals surface area contributed by atoms with E-state index in [0.29, 0.717) is 19.3 Å². The fraction of sp³-hybridized carbons (Fsp3) is 0.833. The number of ether oxygens (including phenoxy) is 1. The van der Waals surface area contributed by atoms with E-state index in [1.807, 2.05) is 0 Å². The average molecular weight is 243 g/mol. The van der Waals surface area contributed by atoms with Crippen LogP contribution in [0, 0.1) is 5.41 Å². The SMILES string of the molecule is C[C@@H](CC1(C(=O)O)CC1)NC(=O)OC(C)(C)C. The number of hydrogen-bond acceptors (Lipinski definition) is 3. The number of alkyl carbamates (subject to hydrolysis) is 1. The van der Waals surface area contributed by atoms with Gasteiger partial charge >= 0.3 is 12.1 Å². The monoisotopic (exact) mass is 243 g/mol. The van der Waals surface area contributed by atoms with Crippen molar-refractivity contribution < 1.29 is 19.4 Å². The lowest BCUT2D eigenvalue weighted by Crippen LogP contribution is -2.39. The average Bonchev–Trinajstić information content (AvgIpc) is 2.80. The van der Waals surface area contributed by atoms with Crippen LogP contribution in [0.15, 0.2) is 0 Å². The lowest BCUT2D eigenvalue weighted by Gasteiger charge is -2.23. The van der Waals surface area contributed by atoms with E-state index in [0.717, 1.165) is 0 Å². The van der Waals surface area contributed by atoms with E-state index >= 15 is 0 Å². The van der Waals surface area contributed by atoms with Crippen molar-refractivity contribution in [3.63, 3.8) is 0 Å². The zero-order chi connectivity index (χ0) is 13.3. The number of aliphatic carboxylic acids is 1. The van der Waals surface area contributed by atoms with Crippen molar-refractivity contribution in [2.75, 3.05) is 0 Å². The van der Waals surface area contributed by atoms with Gasteiger partial charge in [-0.3, -0.25) is 4.79 Å². The van der Waals surface area contributed by atoms with E-state index in [9.17, 15) is 9.59 Å². The van der Waals surface area contributed by atoms with Crippen molar-refractivity contribution in [1.82, 2.24) is 5.32 Å². The Hall–Kier alpha value is -1.26. The van der Waals surface area contributed by atoms with Gasteiger partial charge < -0.3 is 15.2 Å². The van der Waals surface area contributed by atoms with Gasteiger partial charge in [-0.05, 0) is 47.0 Å². The second-order valence-electron chi connectivity index (χ2n) is 5.84. The van der Waals surface area contributed by atoms with Gasteiger partial charge in [-0.2, -0.15) is 0 Å². The molecule has 1 amide bonds. The number of carboxylic acids is 1. The summed E-state index contributed by atoms with van der Waals surface area (Å²) < 4.78 is 5.11. The van der Waals surface area contributed by atoms with E-state index < -0.39 is 23.1 Å². The third-order valence-corrected chi connectivity index (χ3v) is 2.77. The first-order valence-electron chi connectivity index (χ1n) is 5.88. The van der Waals surface area contributed by atoms with Crippen molar-refractivity contribution in [2.45, 2.75) is 58.6 Å². The summed E-state index contributed by atoms with van der Waals surface area (Å²) >= 11 is 0. The van der Waals surface area contributed by atoms with Gasteiger partial charge in [-0.15, -0.1) is 0 Å². The van der Waals surface area contributed by atoms with Crippen molar-refractivity contribution in [2.24, 2.45) is 5.41 Å². The van der Waals surface area contributed by atoms with Gasteiger partial charge in [0.15, 0.2) is 0 Å². The Morgan fingerprint density at radius 1 is 1.41 bits per heavy atom. The molecule has 1 saturated carbocycles. The van der Waals surface area contributed by atoms with Crippen LogP contribution in [-0.2, 0) is 9.53 Å². The van der Waals surface area contributed by atoms with Gasteiger partial charge in [0.25, 0.3) is 0 Å². The maximum absolute atomic E-state index is 11.5. The van der Waals surface area contributed by atoms with Crippen LogP contribution >= 0.6 is 0 Å². The summed E-state index contributed by atoms with van der Waals surface area (Å²) in [6.45, 7) is 7.16. The largest absolute Gasteiger partial charge is 0.481 e. The van der Waals surface area contributed by atoms with E-state index in [1.54, 1.807) is 27.7 Å². The minimum absolute atomic E-state index is 0.191. The second kappa shape index (κ2) is 4.55. The highest BCUT2D eigenvalue weighted by Crippen LogP contribution is 2.49. The topological polar surface area (TPSA) is 75.6 Å². The third kappa shape index (κ3) is 4.24. The molecule has 0 aromatic heterocycles. The van der Waals surface area contributed by atoms with Crippen LogP contribution in [0.4, 0.5) is 4.79 Å². The lowest BCUT2D eigenvalue weighted by molar-refractivity contribution is -0.143. The Kier molecular flexibility index (Phi) is 3.69. The Bertz CT molecular complexity index is 315. The molecule has 98 valence electrons. The normalized spacial score (nSPS) is 19.3. The van der Waals surface area contributed by atoms with Crippen molar-refractivity contribution in [3.8, 4) is 0 Å². The molecule has 1 atom stereocenters. The highest BCUT2D eigenvalue weighted by Gasteiger charge is 2.50. The van der Waals surface area contributed by atoms with Gasteiger partial charge in [0.2, 0.25) is 0 Å². The molecule has 0 spiro atoms. The molecule has 17 heavy (non-hydrogen) atoms. The summed E-state index contributed by atoms with van der Waals surface area (Å²) in [7, 11) is 0. The maximum atomic E-state index is 11.5. The molecule has 1 aliphatic carbocycles. The number of hydrogen-bond donors (Lipinski definition) is 2. The summed E-state index contributed by atoms with van der Waals surface area (Å²) in [6, 6.07) is -0.191. The predicted octanol–water partition coefficient (Wildman–Crippen LogP) is 2.15. The smallest absolute Gasteiger partial charge is 0.407 e. The Morgan fingerprint density at radius 3 is 2.29 bits per heavy atom. The Labute approximate surface area is 102 Å². The summed E-state index contributed by atoms with van der Waals surface area (Å²) in [4.78, 5) is 22.5. The lowest BCUT2D eigenvalue weighted by atomic mass is 9.98. The standard InChI is InChI=1S/C12H21NO4/c1-8(7-12(5-6-12)9(14)15)13-10(16)17-11(2,3)4/h8H,5-7H2,1-4H3,(H,13,16)(H,14,15)/t8-/m0/s1. The molecule has 1 aliphatic rings. The highest BCUT2D eigenvalue weighted by atomic mass is 16.6. The fourth-order valence-corrected chi connectivity index (χ4v) is 1.80. The van der Waals surface area contributed by atoms with Crippen LogP contribution in [0.25, 0.3) is 0 Å². The first-order chi connectivity index (χ1) is 7.65. The number of carbonyl (C=O) groups is 2. The molecule has 0 aliphatic heterocycles. The van der Waals surface area contributed by atoms with Crippen LogP contribution < -0.4 is 5.32 Å². The number of carboxylic acid groups (broad SMARTS) is 1. The molecular formula is C12H21NO4. The number of amides is 1. The van der Waals surface area contributed by atoms with Crippen LogP contribution in [-0.4, -0.2) is 28.8 Å². The van der Waals surface area contributed by atoms with E-state index in [-0.39, 0.29) is 6.04 Å². The molecule has 0 saturated heterocycles. The maximum Gasteiger partial charge on any atom is 0.407 e. The summed E-state index contributed by atoms with van der Waals surface area (Å²) in [5, 5.41) is 11.7. The molecular weight excluding hydrogens is 222 g/mol. The summed E-state index contributed by atoms with van der Waals surface area (Å²) in [5.74, 6) is -0.768. The fourth-order valence-electron chi connectivity index (χ4n) is 1.80. The number of rotatable bonds is 4.